The fourth-order valence-corrected chi connectivity index (χ4v) is 2.54. The smallest absolute Gasteiger partial charge is 0.410 e. The van der Waals surface area contributed by atoms with Gasteiger partial charge < -0.3 is 9.64 Å². The monoisotopic (exact) mass is 236 g/mol. The van der Waals surface area contributed by atoms with E-state index in [1.807, 2.05) is 20.8 Å². The van der Waals surface area contributed by atoms with E-state index in [9.17, 15) is 4.79 Å². The van der Waals surface area contributed by atoms with Gasteiger partial charge in [-0.05, 0) is 45.4 Å². The molecule has 2 fully saturated rings. The number of nitriles is 1. The Morgan fingerprint density at radius 2 is 2.12 bits per heavy atom. The van der Waals surface area contributed by atoms with Crippen LogP contribution in [0, 0.1) is 23.2 Å². The summed E-state index contributed by atoms with van der Waals surface area (Å²) in [4.78, 5) is 13.8. The largest absolute Gasteiger partial charge is 0.444 e. The van der Waals surface area contributed by atoms with Gasteiger partial charge in [0.15, 0.2) is 0 Å². The molecule has 1 saturated heterocycles. The highest BCUT2D eigenvalue weighted by molar-refractivity contribution is 5.69. The molecule has 1 heterocycles. The predicted octanol–water partition coefficient (Wildman–Crippen LogP) is 2.55. The van der Waals surface area contributed by atoms with Crippen LogP contribution in [0.3, 0.4) is 0 Å². The maximum Gasteiger partial charge on any atom is 0.410 e. The van der Waals surface area contributed by atoms with Gasteiger partial charge in [0.05, 0.1) is 12.5 Å². The first kappa shape index (κ1) is 12.2. The summed E-state index contributed by atoms with van der Waals surface area (Å²) in [5.41, 5.74) is -0.464. The highest BCUT2D eigenvalue weighted by Gasteiger charge is 2.47. The first-order valence-corrected chi connectivity index (χ1v) is 6.27. The standard InChI is InChI=1S/C13H20N2O2/c1-13(2,3)17-12(16)15-8-10-6-9(10)7-11(15)4-5-14/h9-11H,4,6-8H2,1-3H3. The van der Waals surface area contributed by atoms with E-state index in [0.717, 1.165) is 18.9 Å². The summed E-state index contributed by atoms with van der Waals surface area (Å²) < 4.78 is 5.40. The molecule has 1 aliphatic heterocycles. The molecule has 4 heteroatoms. The van der Waals surface area contributed by atoms with E-state index in [4.69, 9.17) is 10.00 Å². The lowest BCUT2D eigenvalue weighted by molar-refractivity contribution is 0.00927. The lowest BCUT2D eigenvalue weighted by atomic mass is 10.0. The van der Waals surface area contributed by atoms with E-state index in [0.29, 0.717) is 12.3 Å². The molecule has 4 nitrogen and oxygen atoms in total. The second kappa shape index (κ2) is 4.21. The van der Waals surface area contributed by atoms with E-state index in [1.54, 1.807) is 4.90 Å². The molecular weight excluding hydrogens is 216 g/mol. The van der Waals surface area contributed by atoms with Crippen LogP contribution in [0.2, 0.25) is 0 Å². The van der Waals surface area contributed by atoms with Crippen LogP contribution in [0.5, 0.6) is 0 Å². The van der Waals surface area contributed by atoms with E-state index < -0.39 is 5.60 Å². The minimum atomic E-state index is -0.464. The summed E-state index contributed by atoms with van der Waals surface area (Å²) in [6.45, 7) is 6.38. The van der Waals surface area contributed by atoms with Crippen molar-refractivity contribution in [3.05, 3.63) is 0 Å². The summed E-state index contributed by atoms with van der Waals surface area (Å²) in [5.74, 6) is 1.39. The molecule has 1 saturated carbocycles. The number of ether oxygens (including phenoxy) is 1. The Bertz CT molecular complexity index is 353. The molecule has 0 N–H and O–H groups in total. The van der Waals surface area contributed by atoms with Gasteiger partial charge in [0.25, 0.3) is 0 Å². The van der Waals surface area contributed by atoms with Crippen LogP contribution in [0.15, 0.2) is 0 Å². The number of nitrogens with zero attached hydrogens (tertiary/aromatic N) is 2. The van der Waals surface area contributed by atoms with Gasteiger partial charge in [0.2, 0.25) is 0 Å². The number of likely N-dealkylation sites (tertiary alicyclic amines) is 1. The van der Waals surface area contributed by atoms with Crippen molar-refractivity contribution in [3.63, 3.8) is 0 Å². The highest BCUT2D eigenvalue weighted by Crippen LogP contribution is 2.47. The second-order valence-corrected chi connectivity index (χ2v) is 6.14. The van der Waals surface area contributed by atoms with Crippen molar-refractivity contribution in [3.8, 4) is 6.07 Å². The van der Waals surface area contributed by atoms with Crippen molar-refractivity contribution in [2.75, 3.05) is 6.54 Å². The van der Waals surface area contributed by atoms with Crippen LogP contribution in [0.25, 0.3) is 0 Å². The number of fused-ring (bicyclic) bond motifs is 1. The highest BCUT2D eigenvalue weighted by atomic mass is 16.6. The lowest BCUT2D eigenvalue weighted by Gasteiger charge is -2.35. The molecule has 0 spiro atoms. The van der Waals surface area contributed by atoms with Crippen molar-refractivity contribution >= 4 is 6.09 Å². The number of hydrogen-bond donors (Lipinski definition) is 0. The normalized spacial score (nSPS) is 31.4. The fraction of sp³-hybridized carbons (Fsp3) is 0.846. The summed E-state index contributed by atoms with van der Waals surface area (Å²) in [6, 6.07) is 2.23. The molecule has 0 bridgehead atoms. The Kier molecular flexibility index (Phi) is 3.03. The summed E-state index contributed by atoms with van der Waals surface area (Å²) in [5, 5.41) is 8.82. The topological polar surface area (TPSA) is 53.3 Å². The van der Waals surface area contributed by atoms with Crippen molar-refractivity contribution < 1.29 is 9.53 Å². The molecule has 0 radical (unpaired) electrons. The maximum absolute atomic E-state index is 12.1. The van der Waals surface area contributed by atoms with Gasteiger partial charge in [0, 0.05) is 12.6 Å². The van der Waals surface area contributed by atoms with Crippen LogP contribution in [0.1, 0.15) is 40.0 Å². The predicted molar refractivity (Wildman–Crippen MR) is 63.2 cm³/mol. The average molecular weight is 236 g/mol. The summed E-state index contributed by atoms with van der Waals surface area (Å²) in [7, 11) is 0. The first-order chi connectivity index (χ1) is 7.90. The van der Waals surface area contributed by atoms with Crippen molar-refractivity contribution in [2.45, 2.75) is 51.7 Å². The van der Waals surface area contributed by atoms with E-state index >= 15 is 0 Å². The molecular formula is C13H20N2O2. The van der Waals surface area contributed by atoms with Crippen molar-refractivity contribution in [2.24, 2.45) is 11.8 Å². The maximum atomic E-state index is 12.1. The second-order valence-electron chi connectivity index (χ2n) is 6.14. The number of carbonyl (C=O) groups is 1. The number of piperidine rings is 1. The fourth-order valence-electron chi connectivity index (χ4n) is 2.54. The molecule has 0 aromatic carbocycles. The molecule has 17 heavy (non-hydrogen) atoms. The Labute approximate surface area is 103 Å². The van der Waals surface area contributed by atoms with Gasteiger partial charge in [-0.25, -0.2) is 4.79 Å². The number of carbonyl (C=O) groups excluding carboxylic acids is 1. The molecule has 0 aromatic heterocycles. The molecule has 3 unspecified atom stereocenters. The van der Waals surface area contributed by atoms with Gasteiger partial charge in [-0.15, -0.1) is 0 Å². The van der Waals surface area contributed by atoms with Gasteiger partial charge in [-0.2, -0.15) is 5.26 Å². The van der Waals surface area contributed by atoms with E-state index in [2.05, 4.69) is 6.07 Å². The number of rotatable bonds is 1. The molecule has 1 aliphatic carbocycles. The quantitative estimate of drug-likeness (QED) is 0.703. The minimum absolute atomic E-state index is 0.0543. The van der Waals surface area contributed by atoms with Gasteiger partial charge >= 0.3 is 6.09 Å². The zero-order valence-corrected chi connectivity index (χ0v) is 10.8. The number of amides is 1. The minimum Gasteiger partial charge on any atom is -0.444 e. The van der Waals surface area contributed by atoms with Crippen LogP contribution < -0.4 is 0 Å². The van der Waals surface area contributed by atoms with Gasteiger partial charge in [-0.3, -0.25) is 0 Å². The molecule has 0 aromatic rings. The Hall–Kier alpha value is -1.24. The zero-order chi connectivity index (χ0) is 12.6. The molecule has 2 aliphatic rings. The molecule has 1 amide bonds. The van der Waals surface area contributed by atoms with E-state index in [-0.39, 0.29) is 12.1 Å². The molecule has 94 valence electrons. The average Bonchev–Trinajstić information content (AvgIpc) is 2.92. The molecule has 2 rings (SSSR count). The lowest BCUT2D eigenvalue weighted by Crippen LogP contribution is -2.46. The number of hydrogen-bond acceptors (Lipinski definition) is 3. The van der Waals surface area contributed by atoms with Gasteiger partial charge in [-0.1, -0.05) is 0 Å². The van der Waals surface area contributed by atoms with Crippen LogP contribution in [-0.4, -0.2) is 29.2 Å². The van der Waals surface area contributed by atoms with Crippen LogP contribution in [0.4, 0.5) is 4.79 Å². The summed E-state index contributed by atoms with van der Waals surface area (Å²) in [6.07, 6.45) is 2.34. The SMILES string of the molecule is CC(C)(C)OC(=O)N1CC2CC2CC1CC#N. The Balaban J connectivity index is 2.01. The molecule has 3 atom stereocenters. The van der Waals surface area contributed by atoms with Crippen LogP contribution in [-0.2, 0) is 4.74 Å². The first-order valence-electron chi connectivity index (χ1n) is 6.27. The third-order valence-electron chi connectivity index (χ3n) is 3.47. The Morgan fingerprint density at radius 3 is 2.71 bits per heavy atom. The van der Waals surface area contributed by atoms with Crippen molar-refractivity contribution in [1.29, 1.82) is 5.26 Å². The summed E-state index contributed by atoms with van der Waals surface area (Å²) >= 11 is 0. The third kappa shape index (κ3) is 2.91. The zero-order valence-electron chi connectivity index (χ0n) is 10.8. The van der Waals surface area contributed by atoms with Gasteiger partial charge in [0.1, 0.15) is 5.60 Å². The van der Waals surface area contributed by atoms with Crippen LogP contribution >= 0.6 is 0 Å². The van der Waals surface area contributed by atoms with Crippen molar-refractivity contribution in [1.82, 2.24) is 4.90 Å². The Morgan fingerprint density at radius 1 is 1.41 bits per heavy atom. The van der Waals surface area contributed by atoms with E-state index in [1.165, 1.54) is 6.42 Å². The third-order valence-corrected chi connectivity index (χ3v) is 3.47.